The lowest BCUT2D eigenvalue weighted by atomic mass is 10.3. The van der Waals surface area contributed by atoms with Gasteiger partial charge in [-0.15, -0.1) is 0 Å². The van der Waals surface area contributed by atoms with Gasteiger partial charge in [0.1, 0.15) is 18.1 Å². The molecule has 5 nitrogen and oxygen atoms in total. The fourth-order valence-corrected chi connectivity index (χ4v) is 3.14. The Morgan fingerprint density at radius 2 is 1.96 bits per heavy atom. The molecule has 2 heterocycles. The van der Waals surface area contributed by atoms with Gasteiger partial charge < -0.3 is 4.74 Å². The number of carbonyl (C=O) groups excluding carboxylic acids is 1. The molecule has 3 rings (SSSR count). The Hall–Kier alpha value is -2.05. The molecular formula is C18H21N3O2S. The van der Waals surface area contributed by atoms with Crippen LogP contribution in [0, 0.1) is 0 Å². The molecular weight excluding hydrogens is 322 g/mol. The van der Waals surface area contributed by atoms with E-state index in [0.717, 1.165) is 17.2 Å². The monoisotopic (exact) mass is 343 g/mol. The van der Waals surface area contributed by atoms with Crippen molar-refractivity contribution in [1.29, 1.82) is 0 Å². The predicted molar refractivity (Wildman–Crippen MR) is 95.2 cm³/mol. The molecule has 1 aliphatic rings. The molecule has 1 aromatic heterocycles. The lowest BCUT2D eigenvalue weighted by molar-refractivity contribution is 0.0979. The molecule has 1 N–H and O–H groups in total. The molecule has 0 atom stereocenters. The van der Waals surface area contributed by atoms with Crippen molar-refractivity contribution in [3.63, 3.8) is 0 Å². The molecule has 0 spiro atoms. The van der Waals surface area contributed by atoms with E-state index in [-0.39, 0.29) is 5.91 Å². The van der Waals surface area contributed by atoms with Crippen LogP contribution in [0.3, 0.4) is 0 Å². The van der Waals surface area contributed by atoms with Crippen LogP contribution in [0.5, 0.6) is 5.75 Å². The standard InChI is InChI=1S/C18H21N3O2S/c22-18(17-5-1-2-10-19-17)20-24-16-8-6-15(7-9-16)23-14-13-21-11-3-4-12-21/h1-2,5-10H,3-4,11-14H2,(H,20,22). The van der Waals surface area contributed by atoms with Crippen molar-refractivity contribution >= 4 is 17.9 Å². The predicted octanol–water partition coefficient (Wildman–Crippen LogP) is 2.99. The summed E-state index contributed by atoms with van der Waals surface area (Å²) in [7, 11) is 0. The molecule has 1 amide bonds. The molecule has 126 valence electrons. The van der Waals surface area contributed by atoms with Crippen molar-refractivity contribution in [3.8, 4) is 5.75 Å². The van der Waals surface area contributed by atoms with Crippen molar-refractivity contribution in [2.24, 2.45) is 0 Å². The Labute approximate surface area is 146 Å². The number of aromatic nitrogens is 1. The average Bonchev–Trinajstić information content (AvgIpc) is 3.15. The van der Waals surface area contributed by atoms with E-state index in [4.69, 9.17) is 4.74 Å². The summed E-state index contributed by atoms with van der Waals surface area (Å²) in [5.41, 5.74) is 0.409. The van der Waals surface area contributed by atoms with Crippen molar-refractivity contribution in [3.05, 3.63) is 54.4 Å². The Kier molecular flexibility index (Phi) is 6.09. The Bertz CT molecular complexity index is 643. The first-order valence-electron chi connectivity index (χ1n) is 8.15. The van der Waals surface area contributed by atoms with Gasteiger partial charge in [0.05, 0.1) is 0 Å². The van der Waals surface area contributed by atoms with Crippen LogP contribution in [0.4, 0.5) is 0 Å². The molecule has 0 aliphatic carbocycles. The van der Waals surface area contributed by atoms with Crippen LogP contribution in [-0.4, -0.2) is 42.0 Å². The first-order valence-corrected chi connectivity index (χ1v) is 8.96. The quantitative estimate of drug-likeness (QED) is 0.783. The lowest BCUT2D eigenvalue weighted by Crippen LogP contribution is -2.25. The minimum atomic E-state index is -0.202. The second-order valence-corrected chi connectivity index (χ2v) is 6.50. The number of likely N-dealkylation sites (tertiary alicyclic amines) is 1. The van der Waals surface area contributed by atoms with E-state index in [0.29, 0.717) is 12.3 Å². The smallest absolute Gasteiger partial charge is 0.279 e. The molecule has 1 aromatic carbocycles. The van der Waals surface area contributed by atoms with Gasteiger partial charge in [-0.3, -0.25) is 19.4 Å². The van der Waals surface area contributed by atoms with Crippen LogP contribution in [0.2, 0.25) is 0 Å². The fraction of sp³-hybridized carbons (Fsp3) is 0.333. The van der Waals surface area contributed by atoms with Crippen molar-refractivity contribution in [1.82, 2.24) is 14.6 Å². The molecule has 0 radical (unpaired) electrons. The lowest BCUT2D eigenvalue weighted by Gasteiger charge is -2.15. The van der Waals surface area contributed by atoms with Crippen LogP contribution >= 0.6 is 11.9 Å². The maximum absolute atomic E-state index is 11.9. The highest BCUT2D eigenvalue weighted by atomic mass is 32.2. The third-order valence-electron chi connectivity index (χ3n) is 3.86. The van der Waals surface area contributed by atoms with Crippen LogP contribution in [0.1, 0.15) is 23.3 Å². The average molecular weight is 343 g/mol. The summed E-state index contributed by atoms with van der Waals surface area (Å²) < 4.78 is 8.55. The van der Waals surface area contributed by atoms with Crippen molar-refractivity contribution in [2.45, 2.75) is 17.7 Å². The highest BCUT2D eigenvalue weighted by molar-refractivity contribution is 7.98. The number of nitrogens with one attached hydrogen (secondary N) is 1. The number of pyridine rings is 1. The number of carbonyl (C=O) groups is 1. The van der Waals surface area contributed by atoms with Crippen molar-refractivity contribution in [2.75, 3.05) is 26.2 Å². The van der Waals surface area contributed by atoms with Gasteiger partial charge in [0.25, 0.3) is 5.91 Å². The van der Waals surface area contributed by atoms with Gasteiger partial charge in [0, 0.05) is 17.6 Å². The number of hydrogen-bond acceptors (Lipinski definition) is 5. The third kappa shape index (κ3) is 4.97. The minimum Gasteiger partial charge on any atom is -0.492 e. The largest absolute Gasteiger partial charge is 0.492 e. The maximum atomic E-state index is 11.9. The van der Waals surface area contributed by atoms with E-state index in [1.807, 2.05) is 24.3 Å². The fourth-order valence-electron chi connectivity index (χ4n) is 2.56. The molecule has 0 saturated carbocycles. The summed E-state index contributed by atoms with van der Waals surface area (Å²) in [6.45, 7) is 4.07. The molecule has 6 heteroatoms. The molecule has 0 bridgehead atoms. The van der Waals surface area contributed by atoms with Gasteiger partial charge in [-0.2, -0.15) is 0 Å². The van der Waals surface area contributed by atoms with Crippen LogP contribution in [0.15, 0.2) is 53.6 Å². The number of hydrogen-bond donors (Lipinski definition) is 1. The summed E-state index contributed by atoms with van der Waals surface area (Å²) in [6, 6.07) is 13.0. The van der Waals surface area contributed by atoms with Gasteiger partial charge in [-0.25, -0.2) is 0 Å². The summed E-state index contributed by atoms with van der Waals surface area (Å²) in [6.07, 6.45) is 4.21. The maximum Gasteiger partial charge on any atom is 0.279 e. The normalized spacial score (nSPS) is 14.5. The third-order valence-corrected chi connectivity index (χ3v) is 4.65. The van der Waals surface area contributed by atoms with Crippen LogP contribution < -0.4 is 9.46 Å². The highest BCUT2D eigenvalue weighted by Crippen LogP contribution is 2.19. The SMILES string of the molecule is O=C(NSc1ccc(OCCN2CCCC2)cc1)c1ccccn1. The summed E-state index contributed by atoms with van der Waals surface area (Å²) >= 11 is 1.27. The molecule has 1 fully saturated rings. The Morgan fingerprint density at radius 1 is 1.17 bits per heavy atom. The summed E-state index contributed by atoms with van der Waals surface area (Å²) in [4.78, 5) is 19.3. The van der Waals surface area contributed by atoms with Crippen LogP contribution in [-0.2, 0) is 0 Å². The van der Waals surface area contributed by atoms with Gasteiger partial charge in [-0.1, -0.05) is 6.07 Å². The van der Waals surface area contributed by atoms with Gasteiger partial charge in [-0.05, 0) is 74.3 Å². The zero-order valence-electron chi connectivity index (χ0n) is 13.5. The van der Waals surface area contributed by atoms with Gasteiger partial charge in [0.2, 0.25) is 0 Å². The first kappa shape index (κ1) is 16.8. The van der Waals surface area contributed by atoms with E-state index < -0.39 is 0 Å². The summed E-state index contributed by atoms with van der Waals surface area (Å²) in [5, 5.41) is 0. The molecule has 1 saturated heterocycles. The number of nitrogens with zero attached hydrogens (tertiary/aromatic N) is 2. The molecule has 24 heavy (non-hydrogen) atoms. The molecule has 0 unspecified atom stereocenters. The van der Waals surface area contributed by atoms with E-state index >= 15 is 0 Å². The molecule has 2 aromatic rings. The molecule has 1 aliphatic heterocycles. The van der Waals surface area contributed by atoms with E-state index in [2.05, 4.69) is 14.6 Å². The second-order valence-electron chi connectivity index (χ2n) is 5.62. The van der Waals surface area contributed by atoms with Gasteiger partial charge >= 0.3 is 0 Å². The minimum absolute atomic E-state index is 0.202. The number of rotatable bonds is 7. The van der Waals surface area contributed by atoms with Crippen molar-refractivity contribution < 1.29 is 9.53 Å². The topological polar surface area (TPSA) is 54.5 Å². The first-order chi connectivity index (χ1) is 11.8. The Balaban J connectivity index is 1.41. The number of benzene rings is 1. The van der Waals surface area contributed by atoms with E-state index in [1.54, 1.807) is 24.4 Å². The second kappa shape index (κ2) is 8.70. The van der Waals surface area contributed by atoms with Crippen LogP contribution in [0.25, 0.3) is 0 Å². The van der Waals surface area contributed by atoms with Gasteiger partial charge in [0.15, 0.2) is 0 Å². The Morgan fingerprint density at radius 3 is 2.67 bits per heavy atom. The zero-order chi connectivity index (χ0) is 16.6. The number of ether oxygens (including phenoxy) is 1. The summed E-state index contributed by atoms with van der Waals surface area (Å²) in [5.74, 6) is 0.654. The van der Waals surface area contributed by atoms with E-state index in [1.165, 1.54) is 37.9 Å². The highest BCUT2D eigenvalue weighted by Gasteiger charge is 2.11. The number of amides is 1. The van der Waals surface area contributed by atoms with E-state index in [9.17, 15) is 4.79 Å². The zero-order valence-corrected chi connectivity index (χ0v) is 14.3.